The van der Waals surface area contributed by atoms with E-state index in [2.05, 4.69) is 5.32 Å². The molecule has 92 valence electrons. The van der Waals surface area contributed by atoms with Gasteiger partial charge in [-0.3, -0.25) is 9.59 Å². The summed E-state index contributed by atoms with van der Waals surface area (Å²) in [6, 6.07) is 0. The van der Waals surface area contributed by atoms with Gasteiger partial charge in [-0.2, -0.15) is 0 Å². The van der Waals surface area contributed by atoms with Crippen molar-refractivity contribution < 1.29 is 14.7 Å². The first kappa shape index (κ1) is 13.0. The number of hydrogen-bond donors (Lipinski definition) is 2. The number of amides is 1. The number of carbonyl (C=O) groups excluding carboxylic acids is 1. The van der Waals surface area contributed by atoms with Crippen LogP contribution in [-0.2, 0) is 9.59 Å². The van der Waals surface area contributed by atoms with Crippen LogP contribution in [0.25, 0.3) is 0 Å². The molecule has 0 unspecified atom stereocenters. The summed E-state index contributed by atoms with van der Waals surface area (Å²) < 4.78 is 0. The largest absolute Gasteiger partial charge is 0.481 e. The maximum atomic E-state index is 11.4. The molecule has 5 heteroatoms. The van der Waals surface area contributed by atoms with Gasteiger partial charge in [0, 0.05) is 19.5 Å². The van der Waals surface area contributed by atoms with Gasteiger partial charge >= 0.3 is 5.97 Å². The molecule has 0 radical (unpaired) electrons. The molecule has 0 aliphatic heterocycles. The molecule has 0 spiro atoms. The van der Waals surface area contributed by atoms with Crippen LogP contribution in [0.15, 0.2) is 0 Å². The summed E-state index contributed by atoms with van der Waals surface area (Å²) in [7, 11) is 3.80. The summed E-state index contributed by atoms with van der Waals surface area (Å²) in [5, 5.41) is 11.8. The maximum absolute atomic E-state index is 11.4. The van der Waals surface area contributed by atoms with Crippen molar-refractivity contribution in [2.45, 2.75) is 25.7 Å². The lowest BCUT2D eigenvalue weighted by Crippen LogP contribution is -2.47. The third-order valence-corrected chi connectivity index (χ3v) is 3.17. The van der Waals surface area contributed by atoms with Crippen LogP contribution >= 0.6 is 0 Å². The number of hydrogen-bond acceptors (Lipinski definition) is 3. The van der Waals surface area contributed by atoms with Crippen molar-refractivity contribution >= 4 is 11.9 Å². The second-order valence-electron chi connectivity index (χ2n) is 4.77. The first-order chi connectivity index (χ1) is 7.46. The first-order valence-corrected chi connectivity index (χ1v) is 5.61. The molecule has 0 heterocycles. The van der Waals surface area contributed by atoms with Crippen LogP contribution in [0.2, 0.25) is 0 Å². The van der Waals surface area contributed by atoms with Gasteiger partial charge in [0.15, 0.2) is 0 Å². The van der Waals surface area contributed by atoms with E-state index in [1.54, 1.807) is 0 Å². The van der Waals surface area contributed by atoms with Gasteiger partial charge in [-0.15, -0.1) is 0 Å². The Bertz CT molecular complexity index is 272. The zero-order chi connectivity index (χ0) is 12.2. The Morgan fingerprint density at radius 3 is 2.38 bits per heavy atom. The van der Waals surface area contributed by atoms with E-state index in [-0.39, 0.29) is 12.5 Å². The molecule has 0 saturated heterocycles. The molecule has 1 aliphatic carbocycles. The lowest BCUT2D eigenvalue weighted by Gasteiger charge is -2.37. The molecule has 0 bridgehead atoms. The molecule has 1 aliphatic rings. The van der Waals surface area contributed by atoms with Gasteiger partial charge in [-0.1, -0.05) is 6.42 Å². The van der Waals surface area contributed by atoms with Gasteiger partial charge in [0.2, 0.25) is 5.91 Å². The Morgan fingerprint density at radius 1 is 1.38 bits per heavy atom. The van der Waals surface area contributed by atoms with E-state index in [1.165, 1.54) is 0 Å². The van der Waals surface area contributed by atoms with E-state index in [1.807, 2.05) is 19.0 Å². The molecule has 1 rings (SSSR count). The molecule has 0 aromatic rings. The van der Waals surface area contributed by atoms with Gasteiger partial charge < -0.3 is 15.3 Å². The third kappa shape index (κ3) is 3.20. The Morgan fingerprint density at radius 2 is 2.00 bits per heavy atom. The van der Waals surface area contributed by atoms with Gasteiger partial charge in [0.05, 0.1) is 5.41 Å². The number of nitrogens with one attached hydrogen (secondary N) is 1. The highest BCUT2D eigenvalue weighted by molar-refractivity contribution is 5.79. The fourth-order valence-corrected chi connectivity index (χ4v) is 1.75. The van der Waals surface area contributed by atoms with Crippen LogP contribution in [-0.4, -0.2) is 49.1 Å². The predicted molar refractivity (Wildman–Crippen MR) is 60.1 cm³/mol. The Hall–Kier alpha value is -1.10. The summed E-state index contributed by atoms with van der Waals surface area (Å²) in [5.41, 5.74) is -0.687. The molecular formula is C11H20N2O3. The van der Waals surface area contributed by atoms with Gasteiger partial charge in [0.25, 0.3) is 0 Å². The first-order valence-electron chi connectivity index (χ1n) is 5.61. The third-order valence-electron chi connectivity index (χ3n) is 3.17. The molecule has 0 aromatic heterocycles. The number of nitrogens with zero attached hydrogens (tertiary/aromatic N) is 1. The average Bonchev–Trinajstić information content (AvgIpc) is 2.12. The minimum Gasteiger partial charge on any atom is -0.481 e. The monoisotopic (exact) mass is 228 g/mol. The van der Waals surface area contributed by atoms with Crippen LogP contribution in [0.1, 0.15) is 25.7 Å². The summed E-state index contributed by atoms with van der Waals surface area (Å²) in [5.74, 6) is -0.854. The minimum atomic E-state index is -0.786. The van der Waals surface area contributed by atoms with Crippen LogP contribution < -0.4 is 5.32 Å². The average molecular weight is 228 g/mol. The van der Waals surface area contributed by atoms with E-state index < -0.39 is 11.4 Å². The van der Waals surface area contributed by atoms with Gasteiger partial charge in [0.1, 0.15) is 0 Å². The standard InChI is InChI=1S/C11H20N2O3/c1-13(2)7-4-9(14)12-8-11(10(15)16)5-3-6-11/h3-8H2,1-2H3,(H,12,14)(H,15,16). The van der Waals surface area contributed by atoms with Crippen LogP contribution in [0.5, 0.6) is 0 Å². The van der Waals surface area contributed by atoms with Crippen molar-refractivity contribution in [2.75, 3.05) is 27.2 Å². The summed E-state index contributed by atoms with van der Waals surface area (Å²) >= 11 is 0. The zero-order valence-corrected chi connectivity index (χ0v) is 9.95. The second-order valence-corrected chi connectivity index (χ2v) is 4.77. The number of rotatable bonds is 6. The number of carboxylic acid groups (broad SMARTS) is 1. The molecule has 5 nitrogen and oxygen atoms in total. The molecule has 0 atom stereocenters. The van der Waals surface area contributed by atoms with Crippen molar-refractivity contribution in [1.29, 1.82) is 0 Å². The lowest BCUT2D eigenvalue weighted by atomic mass is 9.69. The molecular weight excluding hydrogens is 208 g/mol. The van der Waals surface area contributed by atoms with Crippen molar-refractivity contribution in [3.63, 3.8) is 0 Å². The van der Waals surface area contributed by atoms with Crippen molar-refractivity contribution in [2.24, 2.45) is 5.41 Å². The van der Waals surface area contributed by atoms with E-state index in [0.29, 0.717) is 25.8 Å². The maximum Gasteiger partial charge on any atom is 0.311 e. The highest BCUT2D eigenvalue weighted by Crippen LogP contribution is 2.40. The molecule has 1 amide bonds. The Balaban J connectivity index is 2.28. The van der Waals surface area contributed by atoms with Gasteiger partial charge in [-0.05, 0) is 26.9 Å². The molecule has 1 fully saturated rings. The molecule has 16 heavy (non-hydrogen) atoms. The van der Waals surface area contributed by atoms with E-state index in [4.69, 9.17) is 5.11 Å². The van der Waals surface area contributed by atoms with Gasteiger partial charge in [-0.25, -0.2) is 0 Å². The number of carbonyl (C=O) groups is 2. The quantitative estimate of drug-likeness (QED) is 0.686. The van der Waals surface area contributed by atoms with E-state index in [0.717, 1.165) is 6.42 Å². The Labute approximate surface area is 95.8 Å². The van der Waals surface area contributed by atoms with Crippen LogP contribution in [0, 0.1) is 5.41 Å². The molecule has 2 N–H and O–H groups in total. The summed E-state index contributed by atoms with van der Waals surface area (Å²) in [4.78, 5) is 24.4. The zero-order valence-electron chi connectivity index (χ0n) is 9.95. The van der Waals surface area contributed by atoms with E-state index >= 15 is 0 Å². The number of aliphatic carboxylic acids is 1. The summed E-state index contributed by atoms with van der Waals surface area (Å²) in [6.07, 6.45) is 2.72. The minimum absolute atomic E-state index is 0.0683. The van der Waals surface area contributed by atoms with Crippen molar-refractivity contribution in [3.05, 3.63) is 0 Å². The second kappa shape index (κ2) is 5.30. The lowest BCUT2D eigenvalue weighted by molar-refractivity contribution is -0.154. The smallest absolute Gasteiger partial charge is 0.311 e. The highest BCUT2D eigenvalue weighted by Gasteiger charge is 2.44. The predicted octanol–water partition coefficient (Wildman–Crippen LogP) is 0.309. The highest BCUT2D eigenvalue weighted by atomic mass is 16.4. The van der Waals surface area contributed by atoms with Crippen molar-refractivity contribution in [1.82, 2.24) is 10.2 Å². The van der Waals surface area contributed by atoms with Crippen LogP contribution in [0.3, 0.4) is 0 Å². The van der Waals surface area contributed by atoms with Crippen LogP contribution in [0.4, 0.5) is 0 Å². The normalized spacial score (nSPS) is 17.9. The molecule has 1 saturated carbocycles. The van der Waals surface area contributed by atoms with E-state index in [9.17, 15) is 9.59 Å². The fraction of sp³-hybridized carbons (Fsp3) is 0.818. The fourth-order valence-electron chi connectivity index (χ4n) is 1.75. The topological polar surface area (TPSA) is 69.6 Å². The summed E-state index contributed by atoms with van der Waals surface area (Å²) in [6.45, 7) is 0.959. The van der Waals surface area contributed by atoms with Crippen molar-refractivity contribution in [3.8, 4) is 0 Å². The Kier molecular flexibility index (Phi) is 4.29. The number of carboxylic acids is 1. The SMILES string of the molecule is CN(C)CCC(=O)NCC1(C(=O)O)CCC1. The molecule has 0 aromatic carbocycles.